The first-order valence-electron chi connectivity index (χ1n) is 4.65. The largest absolute Gasteiger partial charge is 0.326 e. The van der Waals surface area contributed by atoms with Crippen molar-refractivity contribution in [3.05, 3.63) is 42.5 Å². The molecular formula is C11H7Cl4NS. The second kappa shape index (κ2) is 5.35. The molecule has 6 heteroatoms. The van der Waals surface area contributed by atoms with E-state index in [0.717, 1.165) is 10.4 Å². The maximum Gasteiger partial charge on any atom is 0.0785 e. The topological polar surface area (TPSA) is 26.0 Å². The zero-order valence-electron chi connectivity index (χ0n) is 8.44. The summed E-state index contributed by atoms with van der Waals surface area (Å²) >= 11 is 25.8. The van der Waals surface area contributed by atoms with Gasteiger partial charge in [0.1, 0.15) is 0 Å². The van der Waals surface area contributed by atoms with E-state index in [4.69, 9.17) is 52.1 Å². The number of hydrogen-bond acceptors (Lipinski definition) is 2. The Morgan fingerprint density at radius 2 is 1.71 bits per heavy atom. The molecule has 0 unspecified atom stereocenters. The van der Waals surface area contributed by atoms with Crippen LogP contribution in [0.15, 0.2) is 17.5 Å². The van der Waals surface area contributed by atoms with Gasteiger partial charge < -0.3 is 5.73 Å². The van der Waals surface area contributed by atoms with E-state index >= 15 is 0 Å². The van der Waals surface area contributed by atoms with Crippen LogP contribution in [0.5, 0.6) is 0 Å². The molecule has 0 fully saturated rings. The number of nitrogens with two attached hydrogens (primary N) is 1. The summed E-state index contributed by atoms with van der Waals surface area (Å²) in [5, 5.41) is 3.45. The van der Waals surface area contributed by atoms with Gasteiger partial charge >= 0.3 is 0 Å². The molecule has 17 heavy (non-hydrogen) atoms. The van der Waals surface area contributed by atoms with Crippen molar-refractivity contribution in [3.8, 4) is 11.1 Å². The van der Waals surface area contributed by atoms with Gasteiger partial charge in [0.15, 0.2) is 0 Å². The lowest BCUT2D eigenvalue weighted by Crippen LogP contribution is -1.91. The van der Waals surface area contributed by atoms with Gasteiger partial charge in [-0.2, -0.15) is 0 Å². The minimum atomic E-state index is 0.313. The summed E-state index contributed by atoms with van der Waals surface area (Å²) in [5.41, 5.74) is 7.17. The summed E-state index contributed by atoms with van der Waals surface area (Å²) in [4.78, 5) is 1.05. The smallest absolute Gasteiger partial charge is 0.0785 e. The lowest BCUT2D eigenvalue weighted by Gasteiger charge is -2.08. The van der Waals surface area contributed by atoms with Crippen LogP contribution in [0, 0.1) is 0 Å². The fourth-order valence-corrected chi connectivity index (χ4v) is 3.34. The van der Waals surface area contributed by atoms with E-state index < -0.39 is 0 Å². The average molecular weight is 327 g/mol. The van der Waals surface area contributed by atoms with Crippen molar-refractivity contribution < 1.29 is 0 Å². The monoisotopic (exact) mass is 325 g/mol. The Bertz CT molecular complexity index is 565. The van der Waals surface area contributed by atoms with Gasteiger partial charge in [-0.1, -0.05) is 46.4 Å². The Morgan fingerprint density at radius 3 is 2.29 bits per heavy atom. The molecule has 0 atom stereocenters. The number of benzene rings is 1. The van der Waals surface area contributed by atoms with Crippen molar-refractivity contribution in [2.24, 2.45) is 5.73 Å². The lowest BCUT2D eigenvalue weighted by atomic mass is 10.1. The Labute approximate surface area is 123 Å². The van der Waals surface area contributed by atoms with Crippen LogP contribution in [-0.2, 0) is 6.54 Å². The zero-order valence-corrected chi connectivity index (χ0v) is 12.3. The third kappa shape index (κ3) is 2.58. The third-order valence-electron chi connectivity index (χ3n) is 2.26. The van der Waals surface area contributed by atoms with Crippen molar-refractivity contribution in [2.45, 2.75) is 6.54 Å². The van der Waals surface area contributed by atoms with Gasteiger partial charge in [-0.05, 0) is 23.1 Å². The van der Waals surface area contributed by atoms with E-state index in [1.54, 1.807) is 17.4 Å². The van der Waals surface area contributed by atoms with Crippen LogP contribution in [0.4, 0.5) is 0 Å². The summed E-state index contributed by atoms with van der Waals surface area (Å²) in [7, 11) is 0. The molecule has 0 radical (unpaired) electrons. The molecule has 2 N–H and O–H groups in total. The molecule has 0 amide bonds. The van der Waals surface area contributed by atoms with Gasteiger partial charge in [0, 0.05) is 17.0 Å². The maximum atomic E-state index is 6.16. The minimum Gasteiger partial charge on any atom is -0.326 e. The van der Waals surface area contributed by atoms with E-state index in [2.05, 4.69) is 0 Å². The molecule has 1 nitrogen and oxygen atoms in total. The molecular weight excluding hydrogens is 320 g/mol. The van der Waals surface area contributed by atoms with E-state index in [1.807, 2.05) is 11.4 Å². The standard InChI is InChI=1S/C11H7Cl4NS/c12-7-2-8(13)10(14)11(15)9(7)5-1-6(3-16)17-4-5/h1-2,4H,3,16H2. The molecule has 1 aromatic carbocycles. The fraction of sp³-hybridized carbons (Fsp3) is 0.0909. The highest BCUT2D eigenvalue weighted by atomic mass is 35.5. The van der Waals surface area contributed by atoms with E-state index in [1.165, 1.54) is 0 Å². The number of thiophene rings is 1. The second-order valence-corrected chi connectivity index (χ2v) is 5.92. The van der Waals surface area contributed by atoms with Gasteiger partial charge in [-0.25, -0.2) is 0 Å². The normalized spacial score (nSPS) is 10.9. The van der Waals surface area contributed by atoms with Crippen molar-refractivity contribution in [3.63, 3.8) is 0 Å². The van der Waals surface area contributed by atoms with Crippen LogP contribution < -0.4 is 5.73 Å². The van der Waals surface area contributed by atoms with Crippen LogP contribution in [0.25, 0.3) is 11.1 Å². The molecule has 0 saturated heterocycles. The Morgan fingerprint density at radius 1 is 1.00 bits per heavy atom. The molecule has 0 aliphatic rings. The average Bonchev–Trinajstić information content (AvgIpc) is 2.74. The summed E-state index contributed by atoms with van der Waals surface area (Å²) in [6.45, 7) is 0.487. The summed E-state index contributed by atoms with van der Waals surface area (Å²) < 4.78 is 0. The summed E-state index contributed by atoms with van der Waals surface area (Å²) in [6, 6.07) is 3.54. The molecule has 2 aromatic rings. The van der Waals surface area contributed by atoms with Crippen molar-refractivity contribution in [2.75, 3.05) is 0 Å². The number of rotatable bonds is 2. The van der Waals surface area contributed by atoms with Crippen molar-refractivity contribution in [1.29, 1.82) is 0 Å². The molecule has 0 aliphatic heterocycles. The highest BCUT2D eigenvalue weighted by molar-refractivity contribution is 7.10. The minimum absolute atomic E-state index is 0.313. The number of halogens is 4. The van der Waals surface area contributed by atoms with Crippen molar-refractivity contribution >= 4 is 57.7 Å². The van der Waals surface area contributed by atoms with Crippen LogP contribution in [0.2, 0.25) is 20.1 Å². The Hall–Kier alpha value is 0.0400. The predicted molar refractivity (Wildman–Crippen MR) is 77.7 cm³/mol. The molecule has 90 valence electrons. The van der Waals surface area contributed by atoms with E-state index in [0.29, 0.717) is 32.2 Å². The first-order chi connectivity index (χ1) is 8.04. The zero-order chi connectivity index (χ0) is 12.6. The molecule has 1 heterocycles. The molecule has 0 aliphatic carbocycles. The second-order valence-electron chi connectivity index (χ2n) is 3.35. The quantitative estimate of drug-likeness (QED) is 0.573. The fourth-order valence-electron chi connectivity index (χ4n) is 1.45. The first kappa shape index (κ1) is 13.5. The lowest BCUT2D eigenvalue weighted by molar-refractivity contribution is 1.11. The molecule has 0 saturated carbocycles. The maximum absolute atomic E-state index is 6.16. The van der Waals surface area contributed by atoms with Crippen LogP contribution >= 0.6 is 57.7 Å². The summed E-state index contributed by atoms with van der Waals surface area (Å²) in [6.07, 6.45) is 0. The van der Waals surface area contributed by atoms with Crippen LogP contribution in [-0.4, -0.2) is 0 Å². The van der Waals surface area contributed by atoms with Gasteiger partial charge in [0.05, 0.1) is 20.1 Å². The molecule has 2 rings (SSSR count). The Balaban J connectivity index is 2.62. The van der Waals surface area contributed by atoms with E-state index in [-0.39, 0.29) is 0 Å². The van der Waals surface area contributed by atoms with Crippen molar-refractivity contribution in [1.82, 2.24) is 0 Å². The highest BCUT2D eigenvalue weighted by Crippen LogP contribution is 2.43. The summed E-state index contributed by atoms with van der Waals surface area (Å²) in [5.74, 6) is 0. The molecule has 1 aromatic heterocycles. The number of hydrogen-bond donors (Lipinski definition) is 1. The van der Waals surface area contributed by atoms with Gasteiger partial charge in [-0.3, -0.25) is 0 Å². The van der Waals surface area contributed by atoms with Gasteiger partial charge in [0.25, 0.3) is 0 Å². The van der Waals surface area contributed by atoms with E-state index in [9.17, 15) is 0 Å². The van der Waals surface area contributed by atoms with Gasteiger partial charge in [0.2, 0.25) is 0 Å². The molecule has 0 bridgehead atoms. The first-order valence-corrected chi connectivity index (χ1v) is 7.04. The highest BCUT2D eigenvalue weighted by Gasteiger charge is 2.16. The van der Waals surface area contributed by atoms with Crippen LogP contribution in [0.3, 0.4) is 0 Å². The predicted octanol–water partition coefficient (Wildman–Crippen LogP) is 5.49. The SMILES string of the molecule is NCc1cc(-c2c(Cl)cc(Cl)c(Cl)c2Cl)cs1. The third-order valence-corrected chi connectivity index (χ3v) is 4.78. The Kier molecular flexibility index (Phi) is 4.24. The van der Waals surface area contributed by atoms with Crippen LogP contribution in [0.1, 0.15) is 4.88 Å². The van der Waals surface area contributed by atoms with Gasteiger partial charge in [-0.15, -0.1) is 11.3 Å². The molecule has 0 spiro atoms.